The van der Waals surface area contributed by atoms with E-state index in [0.29, 0.717) is 5.75 Å². The minimum atomic E-state index is -2.83. The molecule has 0 radical (unpaired) electrons. The van der Waals surface area contributed by atoms with Crippen LogP contribution in [0.2, 0.25) is 0 Å². The van der Waals surface area contributed by atoms with Gasteiger partial charge in [-0.05, 0) is 30.9 Å². The van der Waals surface area contributed by atoms with Gasteiger partial charge in [0.2, 0.25) is 0 Å². The Hall–Kier alpha value is -1.23. The van der Waals surface area contributed by atoms with E-state index < -0.39 is 9.84 Å². The molecule has 1 saturated heterocycles. The largest absolute Gasteiger partial charge is 0.383 e. The Morgan fingerprint density at radius 1 is 1.37 bits per heavy atom. The molecule has 1 unspecified atom stereocenters. The molecule has 104 valence electrons. The first-order valence-electron chi connectivity index (χ1n) is 6.86. The van der Waals surface area contributed by atoms with Gasteiger partial charge in [-0.2, -0.15) is 0 Å². The molecule has 2 heterocycles. The van der Waals surface area contributed by atoms with Gasteiger partial charge in [0.1, 0.15) is 0 Å². The fraction of sp³-hybridized carbons (Fsp3) is 0.571. The van der Waals surface area contributed by atoms with E-state index in [2.05, 4.69) is 28.4 Å². The van der Waals surface area contributed by atoms with Crippen LogP contribution in [0, 0.1) is 0 Å². The lowest BCUT2D eigenvalue weighted by Gasteiger charge is -2.31. The normalized spacial score (nSPS) is 24.6. The van der Waals surface area contributed by atoms with Crippen LogP contribution in [-0.2, 0) is 16.3 Å². The number of sulfone groups is 1. The molecular formula is C14H20N2O2S. The molecule has 1 atom stereocenters. The van der Waals surface area contributed by atoms with Gasteiger partial charge in [-0.25, -0.2) is 8.42 Å². The quantitative estimate of drug-likeness (QED) is 0.895. The lowest BCUT2D eigenvalue weighted by atomic mass is 10.0. The van der Waals surface area contributed by atoms with E-state index in [0.717, 1.165) is 31.5 Å². The third kappa shape index (κ3) is 2.43. The predicted octanol–water partition coefficient (Wildman–Crippen LogP) is 1.67. The number of hydrogen-bond acceptors (Lipinski definition) is 4. The van der Waals surface area contributed by atoms with Crippen LogP contribution in [0.25, 0.3) is 0 Å². The van der Waals surface area contributed by atoms with E-state index in [-0.39, 0.29) is 11.8 Å². The second-order valence-electron chi connectivity index (χ2n) is 5.51. The molecule has 4 nitrogen and oxygen atoms in total. The molecular weight excluding hydrogens is 260 g/mol. The first kappa shape index (κ1) is 12.8. The van der Waals surface area contributed by atoms with E-state index >= 15 is 0 Å². The fourth-order valence-corrected chi connectivity index (χ4v) is 4.84. The highest BCUT2D eigenvalue weighted by molar-refractivity contribution is 7.91. The van der Waals surface area contributed by atoms with E-state index in [1.807, 2.05) is 7.05 Å². The summed E-state index contributed by atoms with van der Waals surface area (Å²) in [5.74, 6) is 0.609. The zero-order valence-electron chi connectivity index (χ0n) is 11.2. The fourth-order valence-electron chi connectivity index (χ4n) is 3.06. The van der Waals surface area contributed by atoms with Gasteiger partial charge >= 0.3 is 0 Å². The molecule has 1 aromatic rings. The Kier molecular flexibility index (Phi) is 3.17. The number of benzene rings is 1. The van der Waals surface area contributed by atoms with Gasteiger partial charge in [-0.1, -0.05) is 12.1 Å². The number of rotatable bonds is 2. The van der Waals surface area contributed by atoms with Gasteiger partial charge in [-0.15, -0.1) is 0 Å². The van der Waals surface area contributed by atoms with Crippen LogP contribution in [-0.4, -0.2) is 39.6 Å². The maximum atomic E-state index is 11.6. The molecule has 0 spiro atoms. The molecule has 0 amide bonds. The number of fused-ring (bicyclic) bond motifs is 1. The van der Waals surface area contributed by atoms with Gasteiger partial charge in [0.15, 0.2) is 9.84 Å². The third-order valence-electron chi connectivity index (χ3n) is 4.19. The molecule has 0 bridgehead atoms. The van der Waals surface area contributed by atoms with E-state index in [1.54, 1.807) is 0 Å². The number of anilines is 2. The van der Waals surface area contributed by atoms with Crippen molar-refractivity contribution in [3.63, 3.8) is 0 Å². The Labute approximate surface area is 114 Å². The standard InChI is InChI=1S/C14H20N2O2S/c1-16(12-7-9-19(17,18)10-12)13-6-2-4-11-5-3-8-15-14(11)13/h2,4,6,12,15H,3,5,7-10H2,1H3. The second-order valence-corrected chi connectivity index (χ2v) is 7.74. The van der Waals surface area contributed by atoms with Crippen LogP contribution in [0.15, 0.2) is 18.2 Å². The Morgan fingerprint density at radius 3 is 2.95 bits per heavy atom. The molecule has 0 aromatic heterocycles. The molecule has 5 heteroatoms. The second kappa shape index (κ2) is 4.71. The van der Waals surface area contributed by atoms with Gasteiger partial charge in [-0.3, -0.25) is 0 Å². The minimum absolute atomic E-state index is 0.111. The highest BCUT2D eigenvalue weighted by atomic mass is 32.2. The van der Waals surface area contributed by atoms with Crippen molar-refractivity contribution in [1.29, 1.82) is 0 Å². The number of aryl methyl sites for hydroxylation is 1. The van der Waals surface area contributed by atoms with Crippen LogP contribution in [0.1, 0.15) is 18.4 Å². The van der Waals surface area contributed by atoms with Gasteiger partial charge in [0.25, 0.3) is 0 Å². The Bertz CT molecular complexity index is 583. The molecule has 19 heavy (non-hydrogen) atoms. The number of nitrogens with one attached hydrogen (secondary N) is 1. The smallest absolute Gasteiger partial charge is 0.152 e. The van der Waals surface area contributed by atoms with E-state index in [9.17, 15) is 8.42 Å². The van der Waals surface area contributed by atoms with Crippen molar-refractivity contribution >= 4 is 21.2 Å². The van der Waals surface area contributed by atoms with Gasteiger partial charge in [0.05, 0.1) is 22.9 Å². The van der Waals surface area contributed by atoms with Crippen molar-refractivity contribution < 1.29 is 8.42 Å². The summed E-state index contributed by atoms with van der Waals surface area (Å²) in [5.41, 5.74) is 3.68. The number of nitrogens with zero attached hydrogens (tertiary/aromatic N) is 1. The van der Waals surface area contributed by atoms with Crippen molar-refractivity contribution in [3.8, 4) is 0 Å². The lowest BCUT2D eigenvalue weighted by molar-refractivity contribution is 0.601. The Morgan fingerprint density at radius 2 is 2.21 bits per heavy atom. The van der Waals surface area contributed by atoms with E-state index in [4.69, 9.17) is 0 Å². The van der Waals surface area contributed by atoms with Crippen molar-refractivity contribution in [2.24, 2.45) is 0 Å². The summed E-state index contributed by atoms with van der Waals surface area (Å²) in [6.07, 6.45) is 3.01. The zero-order chi connectivity index (χ0) is 13.5. The van der Waals surface area contributed by atoms with Crippen molar-refractivity contribution in [2.75, 3.05) is 35.3 Å². The van der Waals surface area contributed by atoms with Crippen LogP contribution >= 0.6 is 0 Å². The van der Waals surface area contributed by atoms with Gasteiger partial charge < -0.3 is 10.2 Å². The summed E-state index contributed by atoms with van der Waals surface area (Å²) in [4.78, 5) is 2.14. The molecule has 0 aliphatic carbocycles. The average molecular weight is 280 g/mol. The monoisotopic (exact) mass is 280 g/mol. The molecule has 2 aliphatic rings. The van der Waals surface area contributed by atoms with Crippen LogP contribution < -0.4 is 10.2 Å². The number of para-hydroxylation sites is 1. The highest BCUT2D eigenvalue weighted by Gasteiger charge is 2.31. The topological polar surface area (TPSA) is 49.4 Å². The van der Waals surface area contributed by atoms with Crippen molar-refractivity contribution in [1.82, 2.24) is 0 Å². The summed E-state index contributed by atoms with van der Waals surface area (Å²) < 4.78 is 23.2. The summed E-state index contributed by atoms with van der Waals surface area (Å²) in [6.45, 7) is 1.00. The molecule has 1 fully saturated rings. The van der Waals surface area contributed by atoms with Crippen LogP contribution in [0.4, 0.5) is 11.4 Å². The average Bonchev–Trinajstić information content (AvgIpc) is 2.78. The zero-order valence-corrected chi connectivity index (χ0v) is 12.0. The highest BCUT2D eigenvalue weighted by Crippen LogP contribution is 2.34. The minimum Gasteiger partial charge on any atom is -0.383 e. The van der Waals surface area contributed by atoms with Crippen LogP contribution in [0.5, 0.6) is 0 Å². The first-order chi connectivity index (χ1) is 9.07. The lowest BCUT2D eigenvalue weighted by Crippen LogP contribution is -2.33. The van der Waals surface area contributed by atoms with Crippen molar-refractivity contribution in [2.45, 2.75) is 25.3 Å². The number of hydrogen-bond donors (Lipinski definition) is 1. The third-order valence-corrected chi connectivity index (χ3v) is 5.94. The molecule has 1 aromatic carbocycles. The molecule has 0 saturated carbocycles. The van der Waals surface area contributed by atoms with E-state index in [1.165, 1.54) is 11.3 Å². The van der Waals surface area contributed by atoms with Crippen molar-refractivity contribution in [3.05, 3.63) is 23.8 Å². The molecule has 3 rings (SSSR count). The van der Waals surface area contributed by atoms with Gasteiger partial charge in [0, 0.05) is 19.6 Å². The molecule has 2 aliphatic heterocycles. The SMILES string of the molecule is CN(c1cccc2c1NCCC2)C1CCS(=O)(=O)C1. The summed E-state index contributed by atoms with van der Waals surface area (Å²) >= 11 is 0. The maximum absolute atomic E-state index is 11.6. The molecule has 1 N–H and O–H groups in total. The van der Waals surface area contributed by atoms with Crippen LogP contribution in [0.3, 0.4) is 0 Å². The summed E-state index contributed by atoms with van der Waals surface area (Å²) in [5, 5.41) is 3.47. The summed E-state index contributed by atoms with van der Waals surface area (Å²) in [6, 6.07) is 6.42. The maximum Gasteiger partial charge on any atom is 0.152 e. The predicted molar refractivity (Wildman–Crippen MR) is 78.7 cm³/mol. The summed E-state index contributed by atoms with van der Waals surface area (Å²) in [7, 11) is -0.821. The first-order valence-corrected chi connectivity index (χ1v) is 8.68. The Balaban J connectivity index is 1.90.